The van der Waals surface area contributed by atoms with Crippen molar-refractivity contribution in [2.24, 2.45) is 0 Å². The first-order valence-electron chi connectivity index (χ1n) is 8.47. The van der Waals surface area contributed by atoms with Crippen molar-refractivity contribution >= 4 is 5.91 Å². The van der Waals surface area contributed by atoms with Gasteiger partial charge in [-0.15, -0.1) is 0 Å². The summed E-state index contributed by atoms with van der Waals surface area (Å²) in [6.45, 7) is 0.122. The summed E-state index contributed by atoms with van der Waals surface area (Å²) < 4.78 is 10.2. The minimum atomic E-state index is -0.790. The summed E-state index contributed by atoms with van der Waals surface area (Å²) in [5.74, 6) is 1.35. The molecule has 3 aromatic rings. The minimum Gasteiger partial charge on any atom is -0.497 e. The third-order valence-electron chi connectivity index (χ3n) is 3.97. The second kappa shape index (κ2) is 8.91. The van der Waals surface area contributed by atoms with Gasteiger partial charge in [-0.05, 0) is 29.8 Å². The number of rotatable bonds is 8. The first-order valence-corrected chi connectivity index (χ1v) is 8.47. The lowest BCUT2D eigenvalue weighted by Crippen LogP contribution is -2.28. The maximum absolute atomic E-state index is 12.0. The van der Waals surface area contributed by atoms with Crippen molar-refractivity contribution < 1.29 is 19.2 Å². The fourth-order valence-corrected chi connectivity index (χ4v) is 2.44. The summed E-state index contributed by atoms with van der Waals surface area (Å²) in [5, 5.41) is 16.7. The quantitative estimate of drug-likeness (QED) is 0.625. The SMILES string of the molecule is COc1ccc(C(O)CNC(=O)CCc2nc(-c3ccncc3)no2)cc1. The summed E-state index contributed by atoms with van der Waals surface area (Å²) in [7, 11) is 1.58. The van der Waals surface area contributed by atoms with Crippen molar-refractivity contribution in [2.75, 3.05) is 13.7 Å². The van der Waals surface area contributed by atoms with Crippen LogP contribution in [0.1, 0.15) is 24.0 Å². The Hall–Kier alpha value is -3.26. The Morgan fingerprint density at radius 2 is 1.96 bits per heavy atom. The second-order valence-corrected chi connectivity index (χ2v) is 5.84. The van der Waals surface area contributed by atoms with Crippen LogP contribution in [0.15, 0.2) is 53.3 Å². The Bertz CT molecular complexity index is 865. The van der Waals surface area contributed by atoms with Crippen molar-refractivity contribution in [1.82, 2.24) is 20.4 Å². The van der Waals surface area contributed by atoms with Crippen LogP contribution in [0.5, 0.6) is 5.75 Å². The number of methoxy groups -OCH3 is 1. The van der Waals surface area contributed by atoms with Gasteiger partial charge in [0.2, 0.25) is 17.6 Å². The molecule has 8 heteroatoms. The number of aromatic nitrogens is 3. The molecule has 1 aromatic carbocycles. The van der Waals surface area contributed by atoms with E-state index in [2.05, 4.69) is 20.4 Å². The molecule has 3 rings (SSSR count). The number of carbonyl (C=O) groups excluding carboxylic acids is 1. The van der Waals surface area contributed by atoms with Gasteiger partial charge in [0, 0.05) is 37.3 Å². The first-order chi connectivity index (χ1) is 13.2. The lowest BCUT2D eigenvalue weighted by Gasteiger charge is -2.12. The highest BCUT2D eigenvalue weighted by Crippen LogP contribution is 2.17. The number of hydrogen-bond donors (Lipinski definition) is 2. The fraction of sp³-hybridized carbons (Fsp3) is 0.263. The highest BCUT2D eigenvalue weighted by molar-refractivity contribution is 5.76. The van der Waals surface area contributed by atoms with Crippen molar-refractivity contribution in [3.63, 3.8) is 0 Å². The van der Waals surface area contributed by atoms with Gasteiger partial charge in [0.1, 0.15) is 5.75 Å². The Labute approximate surface area is 156 Å². The van der Waals surface area contributed by atoms with Crippen molar-refractivity contribution in [3.05, 3.63) is 60.2 Å². The normalized spacial score (nSPS) is 11.8. The number of pyridine rings is 1. The molecule has 2 heterocycles. The third-order valence-corrected chi connectivity index (χ3v) is 3.97. The smallest absolute Gasteiger partial charge is 0.227 e. The molecule has 1 unspecified atom stereocenters. The number of nitrogens with one attached hydrogen (secondary N) is 1. The molecule has 2 N–H and O–H groups in total. The number of nitrogens with zero attached hydrogens (tertiary/aromatic N) is 3. The van der Waals surface area contributed by atoms with Gasteiger partial charge in [-0.1, -0.05) is 17.3 Å². The van der Waals surface area contributed by atoms with E-state index in [-0.39, 0.29) is 18.9 Å². The van der Waals surface area contributed by atoms with Crippen LogP contribution in [0.4, 0.5) is 0 Å². The van der Waals surface area contributed by atoms with E-state index in [1.54, 1.807) is 55.9 Å². The number of benzene rings is 1. The van der Waals surface area contributed by atoms with Crippen LogP contribution in [0.3, 0.4) is 0 Å². The summed E-state index contributed by atoms with van der Waals surface area (Å²) >= 11 is 0. The predicted molar refractivity (Wildman–Crippen MR) is 96.8 cm³/mol. The lowest BCUT2D eigenvalue weighted by molar-refractivity contribution is -0.121. The molecule has 0 radical (unpaired) electrons. The molecule has 0 saturated carbocycles. The maximum Gasteiger partial charge on any atom is 0.227 e. The van der Waals surface area contributed by atoms with Gasteiger partial charge < -0.3 is 19.7 Å². The molecule has 140 valence electrons. The maximum atomic E-state index is 12.0. The molecule has 8 nitrogen and oxygen atoms in total. The molecule has 1 amide bonds. The fourth-order valence-electron chi connectivity index (χ4n) is 2.44. The topological polar surface area (TPSA) is 110 Å². The molecule has 2 aromatic heterocycles. The molecule has 0 spiro atoms. The molecule has 0 aliphatic heterocycles. The summed E-state index contributed by atoms with van der Waals surface area (Å²) in [6.07, 6.45) is 3.01. The monoisotopic (exact) mass is 368 g/mol. The van der Waals surface area contributed by atoms with Crippen LogP contribution in [-0.4, -0.2) is 39.8 Å². The number of hydrogen-bond acceptors (Lipinski definition) is 7. The van der Waals surface area contributed by atoms with E-state index in [1.807, 2.05) is 0 Å². The zero-order chi connectivity index (χ0) is 19.1. The Morgan fingerprint density at radius 3 is 2.67 bits per heavy atom. The second-order valence-electron chi connectivity index (χ2n) is 5.84. The van der Waals surface area contributed by atoms with Crippen LogP contribution in [0, 0.1) is 0 Å². The van der Waals surface area contributed by atoms with E-state index < -0.39 is 6.10 Å². The van der Waals surface area contributed by atoms with Gasteiger partial charge in [0.15, 0.2) is 0 Å². The standard InChI is InChI=1S/C19H20N4O4/c1-26-15-4-2-13(3-5-15)16(24)12-21-17(25)6-7-18-22-19(23-27-18)14-8-10-20-11-9-14/h2-5,8-11,16,24H,6-7,12H2,1H3,(H,21,25). The number of aliphatic hydroxyl groups is 1. The van der Waals surface area contributed by atoms with E-state index >= 15 is 0 Å². The van der Waals surface area contributed by atoms with Gasteiger partial charge in [-0.3, -0.25) is 9.78 Å². The molecule has 27 heavy (non-hydrogen) atoms. The lowest BCUT2D eigenvalue weighted by atomic mass is 10.1. The van der Waals surface area contributed by atoms with E-state index in [9.17, 15) is 9.90 Å². The number of aryl methyl sites for hydroxylation is 1. The van der Waals surface area contributed by atoms with Crippen LogP contribution >= 0.6 is 0 Å². The minimum absolute atomic E-state index is 0.122. The molecule has 0 aliphatic carbocycles. The van der Waals surface area contributed by atoms with Gasteiger partial charge in [-0.2, -0.15) is 4.98 Å². The molecule has 0 saturated heterocycles. The highest BCUT2D eigenvalue weighted by atomic mass is 16.5. The van der Waals surface area contributed by atoms with Gasteiger partial charge in [0.05, 0.1) is 13.2 Å². The average Bonchev–Trinajstić information content (AvgIpc) is 3.20. The van der Waals surface area contributed by atoms with E-state index in [0.717, 1.165) is 5.56 Å². The Balaban J connectivity index is 1.45. The largest absolute Gasteiger partial charge is 0.497 e. The van der Waals surface area contributed by atoms with E-state index in [1.165, 1.54) is 0 Å². The molecule has 1 atom stereocenters. The summed E-state index contributed by atoms with van der Waals surface area (Å²) in [5.41, 5.74) is 1.50. The molecule has 0 fully saturated rings. The number of ether oxygens (including phenoxy) is 1. The van der Waals surface area contributed by atoms with Crippen LogP contribution in [-0.2, 0) is 11.2 Å². The van der Waals surface area contributed by atoms with Crippen molar-refractivity contribution in [3.8, 4) is 17.1 Å². The first kappa shape index (κ1) is 18.5. The summed E-state index contributed by atoms with van der Waals surface area (Å²) in [6, 6.07) is 10.6. The van der Waals surface area contributed by atoms with Crippen molar-refractivity contribution in [2.45, 2.75) is 18.9 Å². The van der Waals surface area contributed by atoms with Gasteiger partial charge in [0.25, 0.3) is 0 Å². The molecular weight excluding hydrogens is 348 g/mol. The number of aliphatic hydroxyl groups excluding tert-OH is 1. The summed E-state index contributed by atoms with van der Waals surface area (Å²) in [4.78, 5) is 20.2. The molecular formula is C19H20N4O4. The Morgan fingerprint density at radius 1 is 1.22 bits per heavy atom. The van der Waals surface area contributed by atoms with Crippen LogP contribution in [0.2, 0.25) is 0 Å². The zero-order valence-electron chi connectivity index (χ0n) is 14.8. The Kier molecular flexibility index (Phi) is 6.11. The van der Waals surface area contributed by atoms with E-state index in [4.69, 9.17) is 9.26 Å². The average molecular weight is 368 g/mol. The predicted octanol–water partition coefficient (Wildman–Crippen LogP) is 1.92. The van der Waals surface area contributed by atoms with E-state index in [0.29, 0.717) is 29.4 Å². The zero-order valence-corrected chi connectivity index (χ0v) is 14.8. The number of carbonyl (C=O) groups is 1. The van der Waals surface area contributed by atoms with Gasteiger partial charge in [-0.25, -0.2) is 0 Å². The molecule has 0 aliphatic rings. The van der Waals surface area contributed by atoms with Crippen LogP contribution < -0.4 is 10.1 Å². The van der Waals surface area contributed by atoms with Crippen LogP contribution in [0.25, 0.3) is 11.4 Å². The van der Waals surface area contributed by atoms with Gasteiger partial charge >= 0.3 is 0 Å². The van der Waals surface area contributed by atoms with Crippen molar-refractivity contribution in [1.29, 1.82) is 0 Å². The number of amides is 1. The highest BCUT2D eigenvalue weighted by Gasteiger charge is 2.12. The third kappa shape index (κ3) is 5.11. The molecule has 0 bridgehead atoms.